The summed E-state index contributed by atoms with van der Waals surface area (Å²) in [6.07, 6.45) is 0. The summed E-state index contributed by atoms with van der Waals surface area (Å²) in [6, 6.07) is 12.1. The number of hydrogen-bond donors (Lipinski definition) is 2. The number of carboxylic acid groups (broad SMARTS) is 1. The zero-order valence-electron chi connectivity index (χ0n) is 11.0. The Labute approximate surface area is 132 Å². The summed E-state index contributed by atoms with van der Waals surface area (Å²) in [5, 5.41) is 19.6. The van der Waals surface area contributed by atoms with Gasteiger partial charge in [-0.05, 0) is 24.3 Å². The predicted molar refractivity (Wildman–Crippen MR) is 83.3 cm³/mol. The minimum Gasteiger partial charge on any atom is -0.506 e. The van der Waals surface area contributed by atoms with Gasteiger partial charge in [-0.15, -0.1) is 0 Å². The molecule has 0 unspecified atom stereocenters. The van der Waals surface area contributed by atoms with Gasteiger partial charge in [-0.2, -0.15) is 0 Å². The molecule has 0 amide bonds. The largest absolute Gasteiger partial charge is 0.506 e. The summed E-state index contributed by atoms with van der Waals surface area (Å²) in [5.41, 5.74) is 1.20. The van der Waals surface area contributed by atoms with E-state index < -0.39 is 5.97 Å². The number of benzene rings is 2. The van der Waals surface area contributed by atoms with Crippen molar-refractivity contribution in [3.8, 4) is 5.75 Å². The maximum atomic E-state index is 11.0. The Balaban J connectivity index is 2.34. The van der Waals surface area contributed by atoms with Crippen molar-refractivity contribution in [2.75, 3.05) is 11.4 Å². The van der Waals surface area contributed by atoms with E-state index in [-0.39, 0.29) is 23.9 Å². The first kappa shape index (κ1) is 15.5. The summed E-state index contributed by atoms with van der Waals surface area (Å²) in [5.74, 6) is -1.06. The molecule has 0 radical (unpaired) electrons. The van der Waals surface area contributed by atoms with E-state index in [9.17, 15) is 9.90 Å². The number of para-hydroxylation sites is 1. The molecule has 0 aliphatic carbocycles. The minimum atomic E-state index is -0.966. The molecule has 0 aromatic heterocycles. The monoisotopic (exact) mass is 325 g/mol. The van der Waals surface area contributed by atoms with Crippen molar-refractivity contribution in [1.82, 2.24) is 0 Å². The highest BCUT2D eigenvalue weighted by molar-refractivity contribution is 6.35. The summed E-state index contributed by atoms with van der Waals surface area (Å²) >= 11 is 11.8. The summed E-state index contributed by atoms with van der Waals surface area (Å²) < 4.78 is 0. The Kier molecular flexibility index (Phi) is 4.94. The zero-order valence-corrected chi connectivity index (χ0v) is 12.5. The van der Waals surface area contributed by atoms with Crippen LogP contribution in [0.3, 0.4) is 0 Å². The van der Waals surface area contributed by atoms with Crippen LogP contribution in [0, 0.1) is 0 Å². The summed E-state index contributed by atoms with van der Waals surface area (Å²) in [7, 11) is 0. The maximum Gasteiger partial charge on any atom is 0.323 e. The van der Waals surface area contributed by atoms with E-state index >= 15 is 0 Å². The van der Waals surface area contributed by atoms with Crippen molar-refractivity contribution in [3.05, 3.63) is 58.1 Å². The van der Waals surface area contributed by atoms with Crippen molar-refractivity contribution in [2.45, 2.75) is 6.54 Å². The lowest BCUT2D eigenvalue weighted by molar-refractivity contribution is -0.135. The summed E-state index contributed by atoms with van der Waals surface area (Å²) in [6.45, 7) is -0.0178. The highest BCUT2D eigenvalue weighted by atomic mass is 35.5. The normalized spacial score (nSPS) is 10.4. The molecule has 0 spiro atoms. The standard InChI is InChI=1S/C15H13Cl2NO3/c16-11-6-10(15(21)13(17)7-11)8-18(9-14(19)20)12-4-2-1-3-5-12/h1-7,21H,8-9H2,(H,19,20). The molecule has 0 aliphatic rings. The molecule has 0 bridgehead atoms. The molecule has 2 aromatic rings. The van der Waals surface area contributed by atoms with Gasteiger partial charge in [-0.25, -0.2) is 0 Å². The van der Waals surface area contributed by atoms with E-state index in [1.165, 1.54) is 6.07 Å². The van der Waals surface area contributed by atoms with Crippen LogP contribution >= 0.6 is 23.2 Å². The Hall–Kier alpha value is -1.91. The molecule has 2 rings (SSSR count). The van der Waals surface area contributed by atoms with Crippen LogP contribution < -0.4 is 4.90 Å². The van der Waals surface area contributed by atoms with Gasteiger partial charge in [0.05, 0.1) is 5.02 Å². The molecule has 6 heteroatoms. The third kappa shape index (κ3) is 4.03. The highest BCUT2D eigenvalue weighted by Crippen LogP contribution is 2.32. The number of phenols is 1. The number of phenolic OH excluding ortho intramolecular Hbond substituents is 1. The van der Waals surface area contributed by atoms with E-state index in [0.29, 0.717) is 10.6 Å². The molecule has 2 N–H and O–H groups in total. The third-order valence-electron chi connectivity index (χ3n) is 2.92. The van der Waals surface area contributed by atoms with Crippen molar-refractivity contribution in [3.63, 3.8) is 0 Å². The molecular formula is C15H13Cl2NO3. The lowest BCUT2D eigenvalue weighted by Gasteiger charge is -2.23. The van der Waals surface area contributed by atoms with Gasteiger partial charge in [0.2, 0.25) is 0 Å². The van der Waals surface area contributed by atoms with Crippen LogP contribution in [-0.2, 0) is 11.3 Å². The third-order valence-corrected chi connectivity index (χ3v) is 3.42. The molecule has 110 valence electrons. The zero-order chi connectivity index (χ0) is 15.4. The number of hydrogen-bond acceptors (Lipinski definition) is 3. The number of aliphatic carboxylic acids is 1. The first-order chi connectivity index (χ1) is 9.97. The Morgan fingerprint density at radius 1 is 1.14 bits per heavy atom. The number of anilines is 1. The van der Waals surface area contributed by atoms with Crippen LogP contribution in [-0.4, -0.2) is 22.7 Å². The molecule has 2 aromatic carbocycles. The number of nitrogens with zero attached hydrogens (tertiary/aromatic N) is 1. The first-order valence-corrected chi connectivity index (χ1v) is 6.91. The molecule has 0 saturated carbocycles. The van der Waals surface area contributed by atoms with Crippen LogP contribution in [0.5, 0.6) is 5.75 Å². The van der Waals surface area contributed by atoms with Gasteiger partial charge in [0.1, 0.15) is 12.3 Å². The second-order valence-electron chi connectivity index (χ2n) is 4.48. The quantitative estimate of drug-likeness (QED) is 0.878. The molecule has 0 fully saturated rings. The molecule has 0 saturated heterocycles. The van der Waals surface area contributed by atoms with Crippen molar-refractivity contribution in [2.24, 2.45) is 0 Å². The van der Waals surface area contributed by atoms with Gasteiger partial charge in [-0.3, -0.25) is 4.79 Å². The minimum absolute atomic E-state index is 0.0904. The molecule has 4 nitrogen and oxygen atoms in total. The second-order valence-corrected chi connectivity index (χ2v) is 5.32. The van der Waals surface area contributed by atoms with Gasteiger partial charge < -0.3 is 15.1 Å². The van der Waals surface area contributed by atoms with Crippen LogP contribution in [0.4, 0.5) is 5.69 Å². The number of aromatic hydroxyl groups is 1. The fourth-order valence-electron chi connectivity index (χ4n) is 1.99. The lowest BCUT2D eigenvalue weighted by atomic mass is 10.1. The highest BCUT2D eigenvalue weighted by Gasteiger charge is 2.15. The Bertz CT molecular complexity index is 647. The van der Waals surface area contributed by atoms with E-state index in [1.54, 1.807) is 23.1 Å². The van der Waals surface area contributed by atoms with Gasteiger partial charge in [0.15, 0.2) is 0 Å². The molecule has 0 aliphatic heterocycles. The second kappa shape index (κ2) is 6.70. The van der Waals surface area contributed by atoms with Gasteiger partial charge in [-0.1, -0.05) is 41.4 Å². The Morgan fingerprint density at radius 3 is 2.43 bits per heavy atom. The van der Waals surface area contributed by atoms with E-state index in [0.717, 1.165) is 5.69 Å². The Morgan fingerprint density at radius 2 is 1.81 bits per heavy atom. The van der Waals surface area contributed by atoms with Crippen LogP contribution in [0.15, 0.2) is 42.5 Å². The van der Waals surface area contributed by atoms with Gasteiger partial charge in [0.25, 0.3) is 0 Å². The topological polar surface area (TPSA) is 60.8 Å². The fraction of sp³-hybridized carbons (Fsp3) is 0.133. The molecule has 21 heavy (non-hydrogen) atoms. The molecular weight excluding hydrogens is 313 g/mol. The lowest BCUT2D eigenvalue weighted by Crippen LogP contribution is -2.29. The average molecular weight is 326 g/mol. The van der Waals surface area contributed by atoms with Crippen molar-refractivity contribution >= 4 is 34.9 Å². The first-order valence-electron chi connectivity index (χ1n) is 6.16. The molecule has 0 atom stereocenters. The maximum absolute atomic E-state index is 11.0. The number of carboxylic acids is 1. The van der Waals surface area contributed by atoms with Crippen molar-refractivity contribution in [1.29, 1.82) is 0 Å². The van der Waals surface area contributed by atoms with E-state index in [4.69, 9.17) is 28.3 Å². The number of halogens is 2. The average Bonchev–Trinajstić information content (AvgIpc) is 2.44. The number of rotatable bonds is 5. The van der Waals surface area contributed by atoms with Gasteiger partial charge >= 0.3 is 5.97 Å². The van der Waals surface area contributed by atoms with E-state index in [1.807, 2.05) is 18.2 Å². The summed E-state index contributed by atoms with van der Waals surface area (Å²) in [4.78, 5) is 12.7. The van der Waals surface area contributed by atoms with Crippen molar-refractivity contribution < 1.29 is 15.0 Å². The van der Waals surface area contributed by atoms with Crippen LogP contribution in [0.2, 0.25) is 10.0 Å². The predicted octanol–water partition coefficient (Wildman–Crippen LogP) is 3.79. The molecule has 0 heterocycles. The smallest absolute Gasteiger partial charge is 0.323 e. The van der Waals surface area contributed by atoms with Crippen LogP contribution in [0.25, 0.3) is 0 Å². The van der Waals surface area contributed by atoms with E-state index in [2.05, 4.69) is 0 Å². The van der Waals surface area contributed by atoms with Crippen LogP contribution in [0.1, 0.15) is 5.56 Å². The fourth-order valence-corrected chi connectivity index (χ4v) is 2.52. The number of carbonyl (C=O) groups is 1. The SMILES string of the molecule is O=C(O)CN(Cc1cc(Cl)cc(Cl)c1O)c1ccccc1. The van der Waals surface area contributed by atoms with Gasteiger partial charge in [0, 0.05) is 22.8 Å².